The van der Waals surface area contributed by atoms with E-state index in [0.717, 1.165) is 57.0 Å². The largest absolute Gasteiger partial charge is 0.387 e. The van der Waals surface area contributed by atoms with E-state index < -0.39 is 11.0 Å². The molecular formula is C33H31N5O3. The summed E-state index contributed by atoms with van der Waals surface area (Å²) in [7, 11) is 0. The number of anilines is 2. The van der Waals surface area contributed by atoms with Crippen molar-refractivity contribution in [2.45, 2.75) is 12.5 Å². The smallest absolute Gasteiger partial charge is 0.274 e. The number of nitro groups is 1. The molecule has 0 aliphatic heterocycles. The van der Waals surface area contributed by atoms with Gasteiger partial charge >= 0.3 is 0 Å². The molecule has 8 nitrogen and oxygen atoms in total. The second-order valence-corrected chi connectivity index (χ2v) is 9.64. The van der Waals surface area contributed by atoms with Crippen LogP contribution < -0.4 is 16.0 Å². The van der Waals surface area contributed by atoms with Crippen molar-refractivity contribution in [2.24, 2.45) is 0 Å². The van der Waals surface area contributed by atoms with Crippen molar-refractivity contribution in [2.75, 3.05) is 23.7 Å². The Morgan fingerprint density at radius 2 is 1.68 bits per heavy atom. The van der Waals surface area contributed by atoms with Gasteiger partial charge in [0.25, 0.3) is 6.20 Å². The molecule has 0 radical (unpaired) electrons. The van der Waals surface area contributed by atoms with Gasteiger partial charge in [-0.3, -0.25) is 15.1 Å². The maximum Gasteiger partial charge on any atom is 0.274 e. The molecule has 4 N–H and O–H groups in total. The highest BCUT2D eigenvalue weighted by Gasteiger charge is 2.09. The summed E-state index contributed by atoms with van der Waals surface area (Å²) in [5.41, 5.74) is 5.44. The van der Waals surface area contributed by atoms with Gasteiger partial charge in [-0.1, -0.05) is 72.8 Å². The summed E-state index contributed by atoms with van der Waals surface area (Å²) in [6.07, 6.45) is 4.44. The standard InChI is InChI=1S/C33H31N5O3/c39-32(27-9-5-18-34-21-27)22-35-19-17-24-13-15-28(16-14-24)36-33(23-38(40)41)37-29-10-3-8-26(20-29)31-12-4-7-25-6-1-2-11-30(25)31/h1-16,18,20-21,23,32,35-37,39H,17,19,22H2/b33-23+/t32-/m0/s1. The van der Waals surface area contributed by atoms with Crippen LogP contribution in [0.2, 0.25) is 0 Å². The Morgan fingerprint density at radius 1 is 0.902 bits per heavy atom. The predicted octanol–water partition coefficient (Wildman–Crippen LogP) is 6.37. The van der Waals surface area contributed by atoms with Crippen LogP contribution in [0.15, 0.2) is 128 Å². The van der Waals surface area contributed by atoms with Gasteiger partial charge in [-0.05, 0) is 70.8 Å². The first-order valence-corrected chi connectivity index (χ1v) is 13.4. The van der Waals surface area contributed by atoms with E-state index in [4.69, 9.17) is 0 Å². The van der Waals surface area contributed by atoms with Gasteiger partial charge in [0.2, 0.25) is 0 Å². The first-order chi connectivity index (χ1) is 20.0. The molecule has 0 bridgehead atoms. The normalized spacial score (nSPS) is 12.2. The molecule has 206 valence electrons. The fourth-order valence-electron chi connectivity index (χ4n) is 4.67. The Balaban J connectivity index is 1.21. The Kier molecular flexibility index (Phi) is 8.95. The number of benzene rings is 4. The van der Waals surface area contributed by atoms with Crippen molar-refractivity contribution in [1.29, 1.82) is 0 Å². The maximum atomic E-state index is 11.4. The lowest BCUT2D eigenvalue weighted by molar-refractivity contribution is -0.403. The molecule has 0 saturated heterocycles. The topological polar surface area (TPSA) is 112 Å². The number of aromatic nitrogens is 1. The molecule has 0 unspecified atom stereocenters. The summed E-state index contributed by atoms with van der Waals surface area (Å²) >= 11 is 0. The summed E-state index contributed by atoms with van der Waals surface area (Å²) in [5, 5.41) is 33.5. The number of hydrogen-bond donors (Lipinski definition) is 4. The Bertz CT molecular complexity index is 1630. The second kappa shape index (κ2) is 13.3. The van der Waals surface area contributed by atoms with Crippen LogP contribution in [-0.2, 0) is 6.42 Å². The van der Waals surface area contributed by atoms with E-state index in [0.29, 0.717) is 13.1 Å². The number of nitrogens with zero attached hydrogens (tertiary/aromatic N) is 2. The van der Waals surface area contributed by atoms with Gasteiger partial charge in [-0.2, -0.15) is 0 Å². The fraction of sp³-hybridized carbons (Fsp3) is 0.121. The molecular weight excluding hydrogens is 514 g/mol. The molecule has 0 amide bonds. The molecule has 0 spiro atoms. The summed E-state index contributed by atoms with van der Waals surface area (Å²) < 4.78 is 0. The van der Waals surface area contributed by atoms with E-state index >= 15 is 0 Å². The summed E-state index contributed by atoms with van der Waals surface area (Å²) in [4.78, 5) is 14.9. The van der Waals surface area contributed by atoms with Crippen molar-refractivity contribution in [3.63, 3.8) is 0 Å². The van der Waals surface area contributed by atoms with Crippen molar-refractivity contribution in [3.8, 4) is 11.1 Å². The van der Waals surface area contributed by atoms with Crippen LogP contribution in [0.5, 0.6) is 0 Å². The zero-order valence-corrected chi connectivity index (χ0v) is 22.4. The van der Waals surface area contributed by atoms with Crippen molar-refractivity contribution in [3.05, 3.63) is 149 Å². The molecule has 0 aliphatic carbocycles. The predicted molar refractivity (Wildman–Crippen MR) is 164 cm³/mol. The summed E-state index contributed by atoms with van der Waals surface area (Å²) in [6.45, 7) is 1.14. The van der Waals surface area contributed by atoms with E-state index in [1.807, 2.05) is 72.8 Å². The van der Waals surface area contributed by atoms with Gasteiger partial charge in [0.05, 0.1) is 11.0 Å². The molecule has 5 rings (SSSR count). The third kappa shape index (κ3) is 7.54. The van der Waals surface area contributed by atoms with Crippen LogP contribution in [-0.4, -0.2) is 28.1 Å². The second-order valence-electron chi connectivity index (χ2n) is 9.64. The zero-order valence-electron chi connectivity index (χ0n) is 22.4. The molecule has 0 saturated carbocycles. The number of nitrogens with one attached hydrogen (secondary N) is 3. The first kappa shape index (κ1) is 27.5. The van der Waals surface area contributed by atoms with Crippen molar-refractivity contribution in [1.82, 2.24) is 10.3 Å². The number of rotatable bonds is 12. The third-order valence-corrected chi connectivity index (χ3v) is 6.71. The molecule has 1 atom stereocenters. The molecule has 41 heavy (non-hydrogen) atoms. The molecule has 0 fully saturated rings. The number of fused-ring (bicyclic) bond motifs is 1. The van der Waals surface area contributed by atoms with Crippen LogP contribution in [0.25, 0.3) is 21.9 Å². The monoisotopic (exact) mass is 545 g/mol. The van der Waals surface area contributed by atoms with Gasteiger partial charge < -0.3 is 21.1 Å². The quantitative estimate of drug-likeness (QED) is 0.0819. The molecule has 1 heterocycles. The zero-order chi connectivity index (χ0) is 28.4. The Morgan fingerprint density at radius 3 is 2.49 bits per heavy atom. The van der Waals surface area contributed by atoms with E-state index in [1.54, 1.807) is 18.5 Å². The number of pyridine rings is 1. The highest BCUT2D eigenvalue weighted by Crippen LogP contribution is 2.30. The van der Waals surface area contributed by atoms with Crippen molar-refractivity contribution >= 4 is 22.1 Å². The minimum absolute atomic E-state index is 0.254. The van der Waals surface area contributed by atoms with Crippen LogP contribution in [0.4, 0.5) is 11.4 Å². The number of hydrogen-bond acceptors (Lipinski definition) is 7. The summed E-state index contributed by atoms with van der Waals surface area (Å²) in [6, 6.07) is 33.6. The Hall–Kier alpha value is -5.05. The summed E-state index contributed by atoms with van der Waals surface area (Å²) in [5.74, 6) is 0.254. The van der Waals surface area contributed by atoms with E-state index in [2.05, 4.69) is 45.2 Å². The average molecular weight is 546 g/mol. The van der Waals surface area contributed by atoms with Crippen LogP contribution in [0.3, 0.4) is 0 Å². The third-order valence-electron chi connectivity index (χ3n) is 6.71. The maximum absolute atomic E-state index is 11.4. The molecule has 4 aromatic carbocycles. The number of aliphatic hydroxyl groups excluding tert-OH is 1. The number of aliphatic hydroxyl groups is 1. The molecule has 5 aromatic rings. The van der Waals surface area contributed by atoms with Gasteiger partial charge in [0.1, 0.15) is 0 Å². The minimum Gasteiger partial charge on any atom is -0.387 e. The SMILES string of the molecule is O=[N+]([O-])/C=C(\Nc1ccc(CCNC[C@H](O)c2cccnc2)cc1)Nc1cccc(-c2cccc3ccccc23)c1. The van der Waals surface area contributed by atoms with E-state index in [1.165, 1.54) is 0 Å². The van der Waals surface area contributed by atoms with Crippen LogP contribution in [0.1, 0.15) is 17.2 Å². The van der Waals surface area contributed by atoms with Gasteiger partial charge in [0.15, 0.2) is 5.82 Å². The van der Waals surface area contributed by atoms with Crippen molar-refractivity contribution < 1.29 is 10.0 Å². The molecule has 1 aromatic heterocycles. The average Bonchev–Trinajstić information content (AvgIpc) is 3.00. The van der Waals surface area contributed by atoms with E-state index in [9.17, 15) is 15.2 Å². The molecule has 0 aliphatic rings. The lowest BCUT2D eigenvalue weighted by atomic mass is 9.98. The fourth-order valence-corrected chi connectivity index (χ4v) is 4.67. The highest BCUT2D eigenvalue weighted by atomic mass is 16.6. The Labute approximate surface area is 238 Å². The first-order valence-electron chi connectivity index (χ1n) is 13.4. The van der Waals surface area contributed by atoms with Crippen LogP contribution >= 0.6 is 0 Å². The van der Waals surface area contributed by atoms with Gasteiger partial charge in [-0.25, -0.2) is 0 Å². The molecule has 8 heteroatoms. The van der Waals surface area contributed by atoms with E-state index in [-0.39, 0.29) is 5.82 Å². The van der Waals surface area contributed by atoms with Gasteiger partial charge in [0, 0.05) is 35.9 Å². The van der Waals surface area contributed by atoms with Gasteiger partial charge in [-0.15, -0.1) is 0 Å². The lowest BCUT2D eigenvalue weighted by Gasteiger charge is -2.14. The van der Waals surface area contributed by atoms with Crippen LogP contribution in [0, 0.1) is 10.1 Å². The lowest BCUT2D eigenvalue weighted by Crippen LogP contribution is -2.23. The minimum atomic E-state index is -0.609. The highest BCUT2D eigenvalue weighted by molar-refractivity contribution is 5.97.